The summed E-state index contributed by atoms with van der Waals surface area (Å²) in [5.41, 5.74) is 2.74. The number of rotatable bonds is 3. The summed E-state index contributed by atoms with van der Waals surface area (Å²) in [4.78, 5) is 15.8. The number of aryl methyl sites for hydroxylation is 1. The molecule has 0 atom stereocenters. The molecule has 0 saturated heterocycles. The maximum Gasteiger partial charge on any atom is 0.337 e. The van der Waals surface area contributed by atoms with E-state index in [1.165, 1.54) is 0 Å². The molecule has 0 aliphatic carbocycles. The monoisotopic (exact) mass is 346 g/mol. The van der Waals surface area contributed by atoms with Gasteiger partial charge in [-0.05, 0) is 37.3 Å². The van der Waals surface area contributed by atoms with Gasteiger partial charge in [0.2, 0.25) is 0 Å². The highest BCUT2D eigenvalue weighted by atomic mass is 35.5. The van der Waals surface area contributed by atoms with Crippen LogP contribution >= 0.6 is 23.2 Å². The molecule has 3 aromatic rings. The van der Waals surface area contributed by atoms with Crippen molar-refractivity contribution < 1.29 is 9.90 Å². The quantitative estimate of drug-likeness (QED) is 0.676. The Kier molecular flexibility index (Phi) is 4.11. The summed E-state index contributed by atoms with van der Waals surface area (Å²) >= 11 is 12.3. The fourth-order valence-corrected chi connectivity index (χ4v) is 2.75. The molecule has 116 valence electrons. The lowest BCUT2D eigenvalue weighted by molar-refractivity contribution is 0.0698. The largest absolute Gasteiger partial charge is 0.478 e. The van der Waals surface area contributed by atoms with Gasteiger partial charge < -0.3 is 10.4 Å². The fraction of sp³-hybridized carbons (Fsp3) is 0.0588. The van der Waals surface area contributed by atoms with Crippen LogP contribution in [0.5, 0.6) is 0 Å². The van der Waals surface area contributed by atoms with Gasteiger partial charge in [-0.3, -0.25) is 4.98 Å². The van der Waals surface area contributed by atoms with E-state index in [2.05, 4.69) is 10.3 Å². The van der Waals surface area contributed by atoms with Crippen LogP contribution in [0.4, 0.5) is 11.4 Å². The summed E-state index contributed by atoms with van der Waals surface area (Å²) in [5, 5.41) is 14.0. The standard InChI is InChI=1S/C17H12Cl2N2O2/c1-9-8-14(10-6-7-12(18)15(19)16(10)20-9)21-13-5-3-2-4-11(13)17(22)23/h2-8H,1H3,(H,20,21)(H,22,23). The van der Waals surface area contributed by atoms with Crippen molar-refractivity contribution in [2.45, 2.75) is 6.92 Å². The van der Waals surface area contributed by atoms with Crippen LogP contribution in [0.1, 0.15) is 16.1 Å². The van der Waals surface area contributed by atoms with Gasteiger partial charge in [0, 0.05) is 16.8 Å². The molecule has 2 aromatic carbocycles. The van der Waals surface area contributed by atoms with E-state index in [9.17, 15) is 9.90 Å². The second-order valence-corrected chi connectivity index (χ2v) is 5.83. The molecule has 0 unspecified atom stereocenters. The fourth-order valence-electron chi connectivity index (χ4n) is 2.39. The number of aromatic nitrogens is 1. The van der Waals surface area contributed by atoms with E-state index in [0.29, 0.717) is 21.2 Å². The normalized spacial score (nSPS) is 10.7. The highest BCUT2D eigenvalue weighted by Gasteiger charge is 2.13. The third-order valence-electron chi connectivity index (χ3n) is 3.43. The van der Waals surface area contributed by atoms with Crippen molar-refractivity contribution in [1.29, 1.82) is 0 Å². The molecule has 0 bridgehead atoms. The molecule has 2 N–H and O–H groups in total. The van der Waals surface area contributed by atoms with Gasteiger partial charge >= 0.3 is 5.97 Å². The number of halogens is 2. The molecule has 6 heteroatoms. The molecule has 0 aliphatic heterocycles. The number of aromatic carboxylic acids is 1. The third kappa shape index (κ3) is 2.96. The Morgan fingerprint density at radius 2 is 1.87 bits per heavy atom. The lowest BCUT2D eigenvalue weighted by atomic mass is 10.1. The van der Waals surface area contributed by atoms with Crippen molar-refractivity contribution in [3.8, 4) is 0 Å². The van der Waals surface area contributed by atoms with Crippen LogP contribution in [0.15, 0.2) is 42.5 Å². The van der Waals surface area contributed by atoms with Crippen LogP contribution in [-0.4, -0.2) is 16.1 Å². The summed E-state index contributed by atoms with van der Waals surface area (Å²) < 4.78 is 0. The van der Waals surface area contributed by atoms with Gasteiger partial charge in [-0.2, -0.15) is 0 Å². The average Bonchev–Trinajstić information content (AvgIpc) is 2.51. The molecule has 0 aliphatic rings. The summed E-state index contributed by atoms with van der Waals surface area (Å²) in [5.74, 6) is -0.996. The second-order valence-electron chi connectivity index (χ2n) is 5.04. The predicted octanol–water partition coefficient (Wildman–Crippen LogP) is 5.29. The van der Waals surface area contributed by atoms with Crippen LogP contribution in [0.25, 0.3) is 10.9 Å². The summed E-state index contributed by atoms with van der Waals surface area (Å²) in [6.07, 6.45) is 0. The number of fused-ring (bicyclic) bond motifs is 1. The van der Waals surface area contributed by atoms with E-state index in [1.807, 2.05) is 19.1 Å². The summed E-state index contributed by atoms with van der Waals surface area (Å²) in [6.45, 7) is 1.84. The molecular formula is C17H12Cl2N2O2. The predicted molar refractivity (Wildman–Crippen MR) is 93.2 cm³/mol. The van der Waals surface area contributed by atoms with Gasteiger partial charge in [0.1, 0.15) is 0 Å². The van der Waals surface area contributed by atoms with Gasteiger partial charge in [0.05, 0.1) is 26.8 Å². The molecule has 0 amide bonds. The summed E-state index contributed by atoms with van der Waals surface area (Å²) in [7, 11) is 0. The number of benzene rings is 2. The Morgan fingerprint density at radius 3 is 2.61 bits per heavy atom. The lowest BCUT2D eigenvalue weighted by Gasteiger charge is -2.13. The number of hydrogen-bond acceptors (Lipinski definition) is 3. The van der Waals surface area contributed by atoms with Crippen molar-refractivity contribution in [3.05, 3.63) is 63.8 Å². The zero-order valence-corrected chi connectivity index (χ0v) is 13.6. The minimum atomic E-state index is -0.996. The number of carboxylic acids is 1. The zero-order valence-electron chi connectivity index (χ0n) is 12.1. The van der Waals surface area contributed by atoms with E-state index in [1.54, 1.807) is 30.3 Å². The topological polar surface area (TPSA) is 62.2 Å². The molecule has 0 fully saturated rings. The number of carbonyl (C=O) groups is 1. The highest BCUT2D eigenvalue weighted by molar-refractivity contribution is 6.45. The Balaban J connectivity index is 2.18. The van der Waals surface area contributed by atoms with Crippen LogP contribution < -0.4 is 5.32 Å². The Bertz CT molecular complexity index is 926. The highest BCUT2D eigenvalue weighted by Crippen LogP contribution is 2.35. The number of para-hydroxylation sites is 1. The maximum atomic E-state index is 11.4. The molecule has 1 heterocycles. The first-order valence-corrected chi connectivity index (χ1v) is 7.57. The number of pyridine rings is 1. The first-order valence-electron chi connectivity index (χ1n) is 6.82. The number of hydrogen-bond donors (Lipinski definition) is 2. The Hall–Kier alpha value is -2.30. The van der Waals surface area contributed by atoms with Gasteiger partial charge in [-0.1, -0.05) is 35.3 Å². The van der Waals surface area contributed by atoms with Crippen LogP contribution in [0, 0.1) is 6.92 Å². The second kappa shape index (κ2) is 6.07. The summed E-state index contributed by atoms with van der Waals surface area (Å²) in [6, 6.07) is 12.0. The van der Waals surface area contributed by atoms with Gasteiger partial charge in [-0.15, -0.1) is 0 Å². The van der Waals surface area contributed by atoms with Crippen molar-refractivity contribution in [2.24, 2.45) is 0 Å². The van der Waals surface area contributed by atoms with E-state index in [4.69, 9.17) is 23.2 Å². The van der Waals surface area contributed by atoms with Gasteiger partial charge in [0.25, 0.3) is 0 Å². The number of nitrogens with zero attached hydrogens (tertiary/aromatic N) is 1. The van der Waals surface area contributed by atoms with Crippen LogP contribution in [0.3, 0.4) is 0 Å². The molecule has 0 saturated carbocycles. The average molecular weight is 347 g/mol. The smallest absolute Gasteiger partial charge is 0.337 e. The Morgan fingerprint density at radius 1 is 1.13 bits per heavy atom. The molecule has 0 radical (unpaired) electrons. The third-order valence-corrected chi connectivity index (χ3v) is 4.22. The minimum absolute atomic E-state index is 0.190. The molecular weight excluding hydrogens is 335 g/mol. The minimum Gasteiger partial charge on any atom is -0.478 e. The van der Waals surface area contributed by atoms with Gasteiger partial charge in [0.15, 0.2) is 0 Å². The van der Waals surface area contributed by atoms with Crippen molar-refractivity contribution in [3.63, 3.8) is 0 Å². The Labute approximate surface area is 142 Å². The molecule has 1 aromatic heterocycles. The number of anilines is 2. The van der Waals surface area contributed by atoms with E-state index in [0.717, 1.165) is 16.8 Å². The van der Waals surface area contributed by atoms with Crippen molar-refractivity contribution in [2.75, 3.05) is 5.32 Å². The lowest BCUT2D eigenvalue weighted by Crippen LogP contribution is -2.03. The first kappa shape index (κ1) is 15.6. The molecule has 4 nitrogen and oxygen atoms in total. The molecule has 3 rings (SSSR count). The number of carboxylic acid groups (broad SMARTS) is 1. The molecule has 0 spiro atoms. The first-order chi connectivity index (χ1) is 11.0. The SMILES string of the molecule is Cc1cc(Nc2ccccc2C(=O)O)c2ccc(Cl)c(Cl)c2n1. The van der Waals surface area contributed by atoms with Gasteiger partial charge in [-0.25, -0.2) is 4.79 Å². The van der Waals surface area contributed by atoms with E-state index < -0.39 is 5.97 Å². The number of nitrogens with one attached hydrogen (secondary N) is 1. The molecule has 23 heavy (non-hydrogen) atoms. The van der Waals surface area contributed by atoms with Crippen LogP contribution in [0.2, 0.25) is 10.0 Å². The van der Waals surface area contributed by atoms with E-state index in [-0.39, 0.29) is 5.56 Å². The van der Waals surface area contributed by atoms with E-state index >= 15 is 0 Å². The van der Waals surface area contributed by atoms with Crippen LogP contribution in [-0.2, 0) is 0 Å². The van der Waals surface area contributed by atoms with Crippen molar-refractivity contribution in [1.82, 2.24) is 4.98 Å². The zero-order chi connectivity index (χ0) is 16.6. The van der Waals surface area contributed by atoms with Crippen molar-refractivity contribution >= 4 is 51.4 Å². The maximum absolute atomic E-state index is 11.4.